The zero-order chi connectivity index (χ0) is 16.9. The summed E-state index contributed by atoms with van der Waals surface area (Å²) in [6, 6.07) is 5.66. The summed E-state index contributed by atoms with van der Waals surface area (Å²) in [5.74, 6) is 0.638. The second-order valence-electron chi connectivity index (χ2n) is 6.05. The van der Waals surface area contributed by atoms with Gasteiger partial charge in [0.2, 0.25) is 5.95 Å². The first-order valence-electron chi connectivity index (χ1n) is 8.17. The molecule has 2 aromatic rings. The minimum atomic E-state index is -0.136. The van der Waals surface area contributed by atoms with Gasteiger partial charge in [-0.2, -0.15) is 0 Å². The molecule has 1 aliphatic rings. The summed E-state index contributed by atoms with van der Waals surface area (Å²) < 4.78 is 0. The standard InChI is InChI=1S/C17H22N6O/c1-13(2)21-16(24)15-5-4-14(12-20-15)22-8-10-23(11-9-22)17-18-6-3-7-19-17/h3-7,12-13H,8-11H2,1-2H3,(H,21,24). The Morgan fingerprint density at radius 2 is 1.71 bits per heavy atom. The summed E-state index contributed by atoms with van der Waals surface area (Å²) in [5, 5.41) is 2.85. The first kappa shape index (κ1) is 16.2. The fourth-order valence-corrected chi connectivity index (χ4v) is 2.66. The molecule has 0 aliphatic carbocycles. The third kappa shape index (κ3) is 3.79. The van der Waals surface area contributed by atoms with Crippen molar-refractivity contribution in [1.29, 1.82) is 0 Å². The lowest BCUT2D eigenvalue weighted by molar-refractivity contribution is 0.0938. The van der Waals surface area contributed by atoms with Crippen molar-refractivity contribution in [1.82, 2.24) is 20.3 Å². The van der Waals surface area contributed by atoms with Crippen molar-refractivity contribution >= 4 is 17.5 Å². The smallest absolute Gasteiger partial charge is 0.270 e. The molecule has 0 saturated carbocycles. The van der Waals surface area contributed by atoms with Gasteiger partial charge in [-0.25, -0.2) is 15.0 Å². The maximum absolute atomic E-state index is 11.9. The zero-order valence-electron chi connectivity index (χ0n) is 14.0. The molecule has 1 fully saturated rings. The molecule has 0 bridgehead atoms. The van der Waals surface area contributed by atoms with Crippen molar-refractivity contribution in [2.24, 2.45) is 0 Å². The molecule has 2 aromatic heterocycles. The second kappa shape index (κ2) is 7.25. The van der Waals surface area contributed by atoms with Crippen molar-refractivity contribution < 1.29 is 4.79 Å². The quantitative estimate of drug-likeness (QED) is 0.914. The molecule has 7 heteroatoms. The number of hydrogen-bond donors (Lipinski definition) is 1. The lowest BCUT2D eigenvalue weighted by atomic mass is 10.2. The van der Waals surface area contributed by atoms with Crippen LogP contribution in [-0.4, -0.2) is 53.1 Å². The number of hydrogen-bond acceptors (Lipinski definition) is 6. The van der Waals surface area contributed by atoms with Crippen LogP contribution < -0.4 is 15.1 Å². The maximum atomic E-state index is 11.9. The van der Waals surface area contributed by atoms with E-state index in [0.29, 0.717) is 5.69 Å². The van der Waals surface area contributed by atoms with Crippen LogP contribution in [0.2, 0.25) is 0 Å². The molecule has 0 unspecified atom stereocenters. The van der Waals surface area contributed by atoms with E-state index in [0.717, 1.165) is 37.8 Å². The summed E-state index contributed by atoms with van der Waals surface area (Å²) in [7, 11) is 0. The monoisotopic (exact) mass is 326 g/mol. The summed E-state index contributed by atoms with van der Waals surface area (Å²) >= 11 is 0. The first-order valence-corrected chi connectivity index (χ1v) is 8.17. The van der Waals surface area contributed by atoms with E-state index >= 15 is 0 Å². The summed E-state index contributed by atoms with van der Waals surface area (Å²) in [4.78, 5) is 29.3. The number of carbonyl (C=O) groups is 1. The molecule has 0 atom stereocenters. The van der Waals surface area contributed by atoms with E-state index in [1.807, 2.05) is 26.0 Å². The van der Waals surface area contributed by atoms with Gasteiger partial charge in [0.05, 0.1) is 11.9 Å². The van der Waals surface area contributed by atoms with Crippen LogP contribution in [0.25, 0.3) is 0 Å². The molecule has 126 valence electrons. The molecule has 1 N–H and O–H groups in total. The highest BCUT2D eigenvalue weighted by Gasteiger charge is 2.19. The van der Waals surface area contributed by atoms with Crippen LogP contribution in [0.4, 0.5) is 11.6 Å². The molecular formula is C17H22N6O. The van der Waals surface area contributed by atoms with Crippen molar-refractivity contribution in [2.75, 3.05) is 36.0 Å². The van der Waals surface area contributed by atoms with Crippen molar-refractivity contribution in [2.45, 2.75) is 19.9 Å². The third-order valence-corrected chi connectivity index (χ3v) is 3.88. The summed E-state index contributed by atoms with van der Waals surface area (Å²) in [5.41, 5.74) is 1.48. The molecule has 0 radical (unpaired) electrons. The Balaban J connectivity index is 1.59. The molecule has 24 heavy (non-hydrogen) atoms. The van der Waals surface area contributed by atoms with E-state index in [1.54, 1.807) is 24.7 Å². The number of anilines is 2. The summed E-state index contributed by atoms with van der Waals surface area (Å²) in [6.07, 6.45) is 5.29. The van der Waals surface area contributed by atoms with E-state index in [2.05, 4.69) is 30.1 Å². The number of nitrogens with one attached hydrogen (secondary N) is 1. The number of amides is 1. The van der Waals surface area contributed by atoms with Gasteiger partial charge in [-0.3, -0.25) is 4.79 Å². The topological polar surface area (TPSA) is 74.2 Å². The van der Waals surface area contributed by atoms with Crippen LogP contribution in [-0.2, 0) is 0 Å². The predicted molar refractivity (Wildman–Crippen MR) is 93.3 cm³/mol. The normalized spacial score (nSPS) is 14.8. The average molecular weight is 326 g/mol. The Labute approximate surface area is 141 Å². The SMILES string of the molecule is CC(C)NC(=O)c1ccc(N2CCN(c3ncccn3)CC2)cn1. The van der Waals surface area contributed by atoms with Gasteiger partial charge in [0.1, 0.15) is 5.69 Å². The highest BCUT2D eigenvalue weighted by atomic mass is 16.1. The van der Waals surface area contributed by atoms with E-state index in [-0.39, 0.29) is 11.9 Å². The zero-order valence-corrected chi connectivity index (χ0v) is 14.0. The fraction of sp³-hybridized carbons (Fsp3) is 0.412. The van der Waals surface area contributed by atoms with Gasteiger partial charge in [0.25, 0.3) is 5.91 Å². The van der Waals surface area contributed by atoms with Crippen LogP contribution in [0.1, 0.15) is 24.3 Å². The van der Waals surface area contributed by atoms with Gasteiger partial charge in [-0.05, 0) is 32.0 Å². The third-order valence-electron chi connectivity index (χ3n) is 3.88. The van der Waals surface area contributed by atoms with E-state index in [9.17, 15) is 4.79 Å². The number of piperazine rings is 1. The molecule has 3 rings (SSSR count). The van der Waals surface area contributed by atoms with Crippen molar-refractivity contribution in [3.05, 3.63) is 42.5 Å². The molecule has 3 heterocycles. The van der Waals surface area contributed by atoms with E-state index < -0.39 is 0 Å². The van der Waals surface area contributed by atoms with E-state index in [4.69, 9.17) is 0 Å². The lowest BCUT2D eigenvalue weighted by Crippen LogP contribution is -2.47. The Hall–Kier alpha value is -2.70. The number of nitrogens with zero attached hydrogens (tertiary/aromatic N) is 5. The number of pyridine rings is 1. The van der Waals surface area contributed by atoms with Crippen LogP contribution in [0, 0.1) is 0 Å². The molecule has 7 nitrogen and oxygen atoms in total. The number of rotatable bonds is 4. The van der Waals surface area contributed by atoms with Gasteiger partial charge >= 0.3 is 0 Å². The van der Waals surface area contributed by atoms with Gasteiger partial charge in [-0.15, -0.1) is 0 Å². The van der Waals surface area contributed by atoms with Gasteiger partial charge < -0.3 is 15.1 Å². The van der Waals surface area contributed by atoms with Crippen LogP contribution in [0.15, 0.2) is 36.8 Å². The lowest BCUT2D eigenvalue weighted by Gasteiger charge is -2.35. The Morgan fingerprint density at radius 3 is 2.29 bits per heavy atom. The Bertz CT molecular complexity index is 665. The molecule has 1 saturated heterocycles. The average Bonchev–Trinajstić information content (AvgIpc) is 2.62. The van der Waals surface area contributed by atoms with Gasteiger partial charge in [-0.1, -0.05) is 0 Å². The highest BCUT2D eigenvalue weighted by molar-refractivity contribution is 5.92. The Morgan fingerprint density at radius 1 is 1.04 bits per heavy atom. The van der Waals surface area contributed by atoms with E-state index in [1.165, 1.54) is 0 Å². The fourth-order valence-electron chi connectivity index (χ4n) is 2.66. The van der Waals surface area contributed by atoms with Crippen molar-refractivity contribution in [3.63, 3.8) is 0 Å². The van der Waals surface area contributed by atoms with Crippen LogP contribution in [0.5, 0.6) is 0 Å². The van der Waals surface area contributed by atoms with Gasteiger partial charge in [0.15, 0.2) is 0 Å². The van der Waals surface area contributed by atoms with Crippen LogP contribution in [0.3, 0.4) is 0 Å². The predicted octanol–water partition coefficient (Wildman–Crippen LogP) is 1.34. The molecule has 0 spiro atoms. The largest absolute Gasteiger partial charge is 0.367 e. The molecule has 1 amide bonds. The Kier molecular flexibility index (Phi) is 4.88. The van der Waals surface area contributed by atoms with Crippen LogP contribution >= 0.6 is 0 Å². The number of carbonyl (C=O) groups excluding carboxylic acids is 1. The second-order valence-corrected chi connectivity index (χ2v) is 6.05. The highest BCUT2D eigenvalue weighted by Crippen LogP contribution is 2.17. The van der Waals surface area contributed by atoms with Crippen molar-refractivity contribution in [3.8, 4) is 0 Å². The molecular weight excluding hydrogens is 304 g/mol. The minimum Gasteiger partial charge on any atom is -0.367 e. The number of aromatic nitrogens is 3. The molecule has 0 aromatic carbocycles. The maximum Gasteiger partial charge on any atom is 0.270 e. The minimum absolute atomic E-state index is 0.104. The summed E-state index contributed by atoms with van der Waals surface area (Å²) in [6.45, 7) is 7.33. The molecule has 1 aliphatic heterocycles. The van der Waals surface area contributed by atoms with Gasteiger partial charge in [0, 0.05) is 44.6 Å². The first-order chi connectivity index (χ1) is 11.6.